The molecular weight excluding hydrogens is 323 g/mol. The number of likely N-dealkylation sites (tertiary alicyclic amines) is 1. The molecule has 0 spiro atoms. The molecule has 1 aliphatic heterocycles. The lowest BCUT2D eigenvalue weighted by atomic mass is 10.0. The molecule has 0 radical (unpaired) electrons. The van der Waals surface area contributed by atoms with E-state index in [0.717, 1.165) is 24.0 Å². The molecule has 130 valence electrons. The van der Waals surface area contributed by atoms with Crippen molar-refractivity contribution < 1.29 is 19.1 Å². The molecule has 2 aromatic rings. The summed E-state index contributed by atoms with van der Waals surface area (Å²) >= 11 is 0. The molecule has 2 aromatic carbocycles. The summed E-state index contributed by atoms with van der Waals surface area (Å²) in [5.74, 6) is -1.28. The van der Waals surface area contributed by atoms with Crippen LogP contribution in [-0.4, -0.2) is 28.6 Å². The highest BCUT2D eigenvalue weighted by atomic mass is 19.1. The summed E-state index contributed by atoms with van der Waals surface area (Å²) < 4.78 is 13.4. The second-order valence-corrected chi connectivity index (χ2v) is 6.07. The number of hydrogen-bond acceptors (Lipinski definition) is 2. The highest BCUT2D eigenvalue weighted by molar-refractivity contribution is 5.87. The number of aromatic carboxylic acids is 1. The number of halogens is 1. The Morgan fingerprint density at radius 2 is 1.96 bits per heavy atom. The van der Waals surface area contributed by atoms with Gasteiger partial charge in [0.2, 0.25) is 0 Å². The average molecular weight is 342 g/mol. The average Bonchev–Trinajstić information content (AvgIpc) is 3.10. The van der Waals surface area contributed by atoms with Gasteiger partial charge in [-0.25, -0.2) is 14.0 Å². The fraction of sp³-hybridized carbons (Fsp3) is 0.263. The van der Waals surface area contributed by atoms with Gasteiger partial charge in [-0.05, 0) is 48.2 Å². The van der Waals surface area contributed by atoms with Crippen molar-refractivity contribution in [1.82, 2.24) is 10.2 Å². The van der Waals surface area contributed by atoms with Crippen molar-refractivity contribution in [2.45, 2.75) is 25.4 Å². The van der Waals surface area contributed by atoms with Crippen LogP contribution in [0.2, 0.25) is 0 Å². The van der Waals surface area contributed by atoms with Gasteiger partial charge < -0.3 is 15.3 Å². The van der Waals surface area contributed by atoms with Crippen molar-refractivity contribution in [3.63, 3.8) is 0 Å². The predicted molar refractivity (Wildman–Crippen MR) is 90.7 cm³/mol. The molecule has 1 unspecified atom stereocenters. The number of urea groups is 1. The standard InChI is InChI=1S/C19H19FN2O3/c20-16-4-1-3-15(11-16)17-5-2-10-22(17)19(25)21-12-13-6-8-14(9-7-13)18(23)24/h1,3-4,6-9,11,17H,2,5,10,12H2,(H,21,25)(H,23,24). The van der Waals surface area contributed by atoms with Gasteiger partial charge in [0.1, 0.15) is 5.82 Å². The van der Waals surface area contributed by atoms with Crippen LogP contribution in [0.1, 0.15) is 40.4 Å². The summed E-state index contributed by atoms with van der Waals surface area (Å²) in [6, 6.07) is 12.4. The first-order chi connectivity index (χ1) is 12.0. The summed E-state index contributed by atoms with van der Waals surface area (Å²) in [7, 11) is 0. The topological polar surface area (TPSA) is 69.6 Å². The second-order valence-electron chi connectivity index (χ2n) is 6.07. The van der Waals surface area contributed by atoms with Crippen molar-refractivity contribution in [2.24, 2.45) is 0 Å². The lowest BCUT2D eigenvalue weighted by Gasteiger charge is -2.25. The number of amides is 2. The Morgan fingerprint density at radius 1 is 1.20 bits per heavy atom. The highest BCUT2D eigenvalue weighted by Gasteiger charge is 2.29. The van der Waals surface area contributed by atoms with Gasteiger partial charge in [0.05, 0.1) is 11.6 Å². The normalized spacial score (nSPS) is 16.7. The maximum atomic E-state index is 13.4. The van der Waals surface area contributed by atoms with Crippen LogP contribution in [0.5, 0.6) is 0 Å². The Balaban J connectivity index is 1.63. The van der Waals surface area contributed by atoms with E-state index >= 15 is 0 Å². The Hall–Kier alpha value is -2.89. The number of hydrogen-bond donors (Lipinski definition) is 2. The van der Waals surface area contributed by atoms with Crippen molar-refractivity contribution >= 4 is 12.0 Å². The Labute approximate surface area is 145 Å². The van der Waals surface area contributed by atoms with E-state index in [-0.39, 0.29) is 23.5 Å². The van der Waals surface area contributed by atoms with Crippen LogP contribution in [-0.2, 0) is 6.54 Å². The molecule has 0 saturated carbocycles. The number of benzene rings is 2. The fourth-order valence-corrected chi connectivity index (χ4v) is 3.11. The van der Waals surface area contributed by atoms with Crippen LogP contribution < -0.4 is 5.32 Å². The summed E-state index contributed by atoms with van der Waals surface area (Å²) in [5.41, 5.74) is 1.83. The number of carboxylic acid groups (broad SMARTS) is 1. The van der Waals surface area contributed by atoms with E-state index < -0.39 is 5.97 Å². The predicted octanol–water partition coefficient (Wildman–Crippen LogP) is 3.57. The minimum absolute atomic E-state index is 0.120. The monoisotopic (exact) mass is 342 g/mol. The first-order valence-corrected chi connectivity index (χ1v) is 8.17. The number of nitrogens with one attached hydrogen (secondary N) is 1. The molecule has 3 rings (SSSR count). The molecule has 1 saturated heterocycles. The third-order valence-electron chi connectivity index (χ3n) is 4.39. The van der Waals surface area contributed by atoms with E-state index in [1.807, 2.05) is 6.07 Å². The molecule has 1 atom stereocenters. The zero-order valence-electron chi connectivity index (χ0n) is 13.6. The minimum atomic E-state index is -0.981. The molecule has 6 heteroatoms. The molecule has 1 aliphatic rings. The summed E-state index contributed by atoms with van der Waals surface area (Å²) in [6.07, 6.45) is 1.69. The number of nitrogens with zero attached hydrogens (tertiary/aromatic N) is 1. The van der Waals surface area contributed by atoms with Crippen molar-refractivity contribution in [2.75, 3.05) is 6.54 Å². The summed E-state index contributed by atoms with van der Waals surface area (Å²) in [4.78, 5) is 25.1. The van der Waals surface area contributed by atoms with Gasteiger partial charge in [-0.1, -0.05) is 24.3 Å². The number of carbonyl (C=O) groups excluding carboxylic acids is 1. The molecule has 2 amide bonds. The van der Waals surface area contributed by atoms with E-state index in [1.54, 1.807) is 23.1 Å². The van der Waals surface area contributed by atoms with E-state index in [1.165, 1.54) is 24.3 Å². The minimum Gasteiger partial charge on any atom is -0.478 e. The molecule has 25 heavy (non-hydrogen) atoms. The Kier molecular flexibility index (Phi) is 4.97. The van der Waals surface area contributed by atoms with E-state index in [2.05, 4.69) is 5.32 Å². The van der Waals surface area contributed by atoms with Crippen LogP contribution in [0.4, 0.5) is 9.18 Å². The molecule has 0 bridgehead atoms. The molecule has 5 nitrogen and oxygen atoms in total. The van der Waals surface area contributed by atoms with Crippen LogP contribution in [0.3, 0.4) is 0 Å². The second kappa shape index (κ2) is 7.34. The summed E-state index contributed by atoms with van der Waals surface area (Å²) in [6.45, 7) is 0.941. The first-order valence-electron chi connectivity index (χ1n) is 8.17. The first kappa shape index (κ1) is 17.0. The summed E-state index contributed by atoms with van der Waals surface area (Å²) in [5, 5.41) is 11.7. The van der Waals surface area contributed by atoms with Gasteiger partial charge in [-0.15, -0.1) is 0 Å². The van der Waals surface area contributed by atoms with Crippen LogP contribution in [0.15, 0.2) is 48.5 Å². The lowest BCUT2D eigenvalue weighted by molar-refractivity contribution is 0.0697. The Bertz CT molecular complexity index is 776. The largest absolute Gasteiger partial charge is 0.478 e. The lowest BCUT2D eigenvalue weighted by Crippen LogP contribution is -2.39. The molecule has 2 N–H and O–H groups in total. The third kappa shape index (κ3) is 3.96. The zero-order valence-corrected chi connectivity index (χ0v) is 13.6. The third-order valence-corrected chi connectivity index (χ3v) is 4.39. The van der Waals surface area contributed by atoms with Gasteiger partial charge >= 0.3 is 12.0 Å². The molecular formula is C19H19FN2O3. The number of carbonyl (C=O) groups is 2. The zero-order chi connectivity index (χ0) is 17.8. The van der Waals surface area contributed by atoms with Crippen LogP contribution in [0, 0.1) is 5.82 Å². The van der Waals surface area contributed by atoms with Gasteiger partial charge in [0.15, 0.2) is 0 Å². The quantitative estimate of drug-likeness (QED) is 0.892. The van der Waals surface area contributed by atoms with Crippen molar-refractivity contribution in [3.8, 4) is 0 Å². The van der Waals surface area contributed by atoms with E-state index in [9.17, 15) is 14.0 Å². The van der Waals surface area contributed by atoms with Gasteiger partial charge in [0.25, 0.3) is 0 Å². The van der Waals surface area contributed by atoms with Crippen molar-refractivity contribution in [1.29, 1.82) is 0 Å². The van der Waals surface area contributed by atoms with Crippen LogP contribution >= 0.6 is 0 Å². The van der Waals surface area contributed by atoms with Crippen LogP contribution in [0.25, 0.3) is 0 Å². The highest BCUT2D eigenvalue weighted by Crippen LogP contribution is 2.32. The fourth-order valence-electron chi connectivity index (χ4n) is 3.11. The maximum Gasteiger partial charge on any atom is 0.335 e. The number of carboxylic acids is 1. The van der Waals surface area contributed by atoms with Gasteiger partial charge in [-0.2, -0.15) is 0 Å². The molecule has 0 aromatic heterocycles. The Morgan fingerprint density at radius 3 is 2.64 bits per heavy atom. The molecule has 1 heterocycles. The van der Waals surface area contributed by atoms with Gasteiger partial charge in [0, 0.05) is 13.1 Å². The van der Waals surface area contributed by atoms with E-state index in [4.69, 9.17) is 5.11 Å². The molecule has 1 fully saturated rings. The molecule has 0 aliphatic carbocycles. The van der Waals surface area contributed by atoms with Gasteiger partial charge in [-0.3, -0.25) is 0 Å². The number of rotatable bonds is 4. The SMILES string of the molecule is O=C(O)c1ccc(CNC(=O)N2CCCC2c2cccc(F)c2)cc1. The maximum absolute atomic E-state index is 13.4. The van der Waals surface area contributed by atoms with E-state index in [0.29, 0.717) is 13.1 Å². The van der Waals surface area contributed by atoms with Crippen molar-refractivity contribution in [3.05, 3.63) is 71.0 Å². The smallest absolute Gasteiger partial charge is 0.335 e.